The number of rotatable bonds is 7. The minimum Gasteiger partial charge on any atom is -0.382 e. The number of hydrogen-bond donors (Lipinski definition) is 1. The monoisotopic (exact) mass is 452 g/mol. The molecule has 1 amide bonds. The number of nitrogens with one attached hydrogen (secondary N) is 1. The lowest BCUT2D eigenvalue weighted by Gasteiger charge is -2.28. The molecule has 7 nitrogen and oxygen atoms in total. The first-order valence-electron chi connectivity index (χ1n) is 9.41. The second-order valence-electron chi connectivity index (χ2n) is 6.77. The van der Waals surface area contributed by atoms with Crippen molar-refractivity contribution in [3.05, 3.63) is 65.2 Å². The molecule has 11 heteroatoms. The van der Waals surface area contributed by atoms with Gasteiger partial charge in [-0.25, -0.2) is 4.98 Å². The number of pyridine rings is 1. The van der Waals surface area contributed by atoms with Crippen LogP contribution in [0.4, 0.5) is 18.9 Å². The van der Waals surface area contributed by atoms with Gasteiger partial charge in [0, 0.05) is 24.7 Å². The average molecular weight is 453 g/mol. The van der Waals surface area contributed by atoms with Gasteiger partial charge < -0.3 is 10.2 Å². The van der Waals surface area contributed by atoms with Crippen molar-refractivity contribution in [3.8, 4) is 5.69 Å². The summed E-state index contributed by atoms with van der Waals surface area (Å²) >= 11 is 6.11. The molecular weight excluding hydrogens is 433 g/mol. The van der Waals surface area contributed by atoms with E-state index in [-0.39, 0.29) is 11.9 Å². The van der Waals surface area contributed by atoms with Crippen LogP contribution in [0.3, 0.4) is 0 Å². The molecule has 3 aromatic rings. The van der Waals surface area contributed by atoms with Crippen LogP contribution in [0.25, 0.3) is 5.69 Å². The Kier molecular flexibility index (Phi) is 6.79. The van der Waals surface area contributed by atoms with Crippen LogP contribution < -0.4 is 5.32 Å². The second kappa shape index (κ2) is 9.34. The lowest BCUT2D eigenvalue weighted by Crippen LogP contribution is -2.41. The van der Waals surface area contributed by atoms with Crippen LogP contribution in [0, 0.1) is 0 Å². The van der Waals surface area contributed by atoms with Crippen molar-refractivity contribution in [2.75, 3.05) is 18.9 Å². The highest BCUT2D eigenvalue weighted by Crippen LogP contribution is 2.28. The van der Waals surface area contributed by atoms with Crippen molar-refractivity contribution < 1.29 is 18.0 Å². The smallest absolute Gasteiger partial charge is 0.382 e. The topological polar surface area (TPSA) is 75.9 Å². The molecule has 2 aromatic heterocycles. The van der Waals surface area contributed by atoms with Gasteiger partial charge in [0.2, 0.25) is 0 Å². The number of aromatic nitrogens is 4. The maximum absolute atomic E-state index is 13.2. The van der Waals surface area contributed by atoms with Gasteiger partial charge in [-0.15, -0.1) is 0 Å². The molecule has 0 aliphatic carbocycles. The van der Waals surface area contributed by atoms with Crippen LogP contribution in [0.2, 0.25) is 5.02 Å². The average Bonchev–Trinajstić information content (AvgIpc) is 3.27. The highest BCUT2D eigenvalue weighted by molar-refractivity contribution is 6.31. The van der Waals surface area contributed by atoms with E-state index >= 15 is 0 Å². The van der Waals surface area contributed by atoms with Crippen molar-refractivity contribution in [2.45, 2.75) is 25.6 Å². The summed E-state index contributed by atoms with van der Waals surface area (Å²) in [5, 5.41) is 11.6. The van der Waals surface area contributed by atoms with Crippen LogP contribution in [0.15, 0.2) is 48.9 Å². The Hall–Kier alpha value is -3.14. The maximum Gasteiger partial charge on any atom is 0.433 e. The first-order valence-corrected chi connectivity index (χ1v) is 9.79. The Labute approximate surface area is 181 Å². The SMILES string of the molecule is CCC(CNc1ccc(C(F)(F)F)nc1)N(C)C(=O)c1cc(Cl)ccc1-n1nccn1. The first-order chi connectivity index (χ1) is 14.7. The third-order valence-electron chi connectivity index (χ3n) is 4.76. The standard InChI is InChI=1S/C20H20ClF3N6O/c1-3-15(12-25-14-5-7-18(26-11-14)20(22,23)24)29(2)19(31)16-10-13(21)4-6-17(16)30-27-8-9-28-30/h4-11,15,25H,3,12H2,1-2H3. The van der Waals surface area contributed by atoms with Crippen LogP contribution in [-0.4, -0.2) is 50.4 Å². The van der Waals surface area contributed by atoms with Crippen LogP contribution in [0.5, 0.6) is 0 Å². The Morgan fingerprint density at radius 1 is 1.23 bits per heavy atom. The fourth-order valence-electron chi connectivity index (χ4n) is 3.01. The van der Waals surface area contributed by atoms with Gasteiger partial charge in [0.15, 0.2) is 0 Å². The Bertz CT molecular complexity index is 1020. The number of benzene rings is 1. The normalized spacial score (nSPS) is 12.5. The van der Waals surface area contributed by atoms with Crippen LogP contribution in [0.1, 0.15) is 29.4 Å². The molecule has 0 fully saturated rings. The summed E-state index contributed by atoms with van der Waals surface area (Å²) in [6.45, 7) is 2.23. The zero-order valence-corrected chi connectivity index (χ0v) is 17.5. The number of alkyl halides is 3. The highest BCUT2D eigenvalue weighted by Gasteiger charge is 2.32. The third kappa shape index (κ3) is 5.32. The van der Waals surface area contributed by atoms with Gasteiger partial charge in [-0.3, -0.25) is 4.79 Å². The summed E-state index contributed by atoms with van der Waals surface area (Å²) in [6.07, 6.45) is 0.247. The first kappa shape index (κ1) is 22.5. The van der Waals surface area contributed by atoms with E-state index in [1.54, 1.807) is 30.1 Å². The summed E-state index contributed by atoms with van der Waals surface area (Å²) in [7, 11) is 1.66. The van der Waals surface area contributed by atoms with Crippen LogP contribution >= 0.6 is 11.6 Å². The number of nitrogens with zero attached hydrogens (tertiary/aromatic N) is 5. The molecule has 1 N–H and O–H groups in total. The van der Waals surface area contributed by atoms with Gasteiger partial charge >= 0.3 is 6.18 Å². The number of carbonyl (C=O) groups is 1. The second-order valence-corrected chi connectivity index (χ2v) is 7.21. The van der Waals surface area contributed by atoms with Gasteiger partial charge in [-0.05, 0) is 36.8 Å². The molecule has 0 saturated carbocycles. The number of carbonyl (C=O) groups excluding carboxylic acids is 1. The molecular formula is C20H20ClF3N6O. The van der Waals surface area contributed by atoms with E-state index in [0.717, 1.165) is 12.3 Å². The highest BCUT2D eigenvalue weighted by atomic mass is 35.5. The quantitative estimate of drug-likeness (QED) is 0.578. The Balaban J connectivity index is 1.74. The van der Waals surface area contributed by atoms with E-state index in [9.17, 15) is 18.0 Å². The van der Waals surface area contributed by atoms with Crippen molar-refractivity contribution >= 4 is 23.2 Å². The molecule has 0 radical (unpaired) electrons. The van der Waals surface area contributed by atoms with Crippen molar-refractivity contribution in [3.63, 3.8) is 0 Å². The third-order valence-corrected chi connectivity index (χ3v) is 4.99. The molecule has 1 unspecified atom stereocenters. The Morgan fingerprint density at radius 3 is 2.52 bits per heavy atom. The van der Waals surface area contributed by atoms with Gasteiger partial charge in [0.25, 0.3) is 5.91 Å². The molecule has 0 aliphatic heterocycles. The van der Waals surface area contributed by atoms with E-state index < -0.39 is 11.9 Å². The predicted molar refractivity (Wildman–Crippen MR) is 110 cm³/mol. The van der Waals surface area contributed by atoms with E-state index in [4.69, 9.17) is 11.6 Å². The molecule has 0 saturated heterocycles. The zero-order chi connectivity index (χ0) is 22.6. The molecule has 1 aromatic carbocycles. The van der Waals surface area contributed by atoms with Gasteiger partial charge in [0.1, 0.15) is 5.69 Å². The molecule has 3 rings (SSSR count). The summed E-state index contributed by atoms with van der Waals surface area (Å²) in [4.78, 5) is 19.5. The van der Waals surface area contributed by atoms with E-state index in [1.807, 2.05) is 6.92 Å². The van der Waals surface area contributed by atoms with Crippen molar-refractivity contribution in [1.82, 2.24) is 24.9 Å². The number of halogens is 4. The molecule has 0 spiro atoms. The van der Waals surface area contributed by atoms with Gasteiger partial charge in [-0.1, -0.05) is 18.5 Å². The molecule has 2 heterocycles. The fraction of sp³-hybridized carbons (Fsp3) is 0.300. The van der Waals surface area contributed by atoms with Crippen molar-refractivity contribution in [1.29, 1.82) is 0 Å². The molecule has 1 atom stereocenters. The van der Waals surface area contributed by atoms with Gasteiger partial charge in [0.05, 0.1) is 35.5 Å². The van der Waals surface area contributed by atoms with Gasteiger partial charge in [-0.2, -0.15) is 28.2 Å². The number of anilines is 1. The summed E-state index contributed by atoms with van der Waals surface area (Å²) in [5.41, 5.74) is 0.288. The Morgan fingerprint density at radius 2 is 1.94 bits per heavy atom. The number of hydrogen-bond acceptors (Lipinski definition) is 5. The summed E-state index contributed by atoms with van der Waals surface area (Å²) in [6, 6.07) is 6.84. The van der Waals surface area contributed by atoms with E-state index in [2.05, 4.69) is 20.5 Å². The molecule has 31 heavy (non-hydrogen) atoms. The van der Waals surface area contributed by atoms with Crippen molar-refractivity contribution in [2.24, 2.45) is 0 Å². The molecule has 164 valence electrons. The maximum atomic E-state index is 13.2. The lowest BCUT2D eigenvalue weighted by atomic mass is 10.1. The lowest BCUT2D eigenvalue weighted by molar-refractivity contribution is -0.141. The summed E-state index contributed by atoms with van der Waals surface area (Å²) in [5.74, 6) is -0.283. The zero-order valence-electron chi connectivity index (χ0n) is 16.8. The largest absolute Gasteiger partial charge is 0.433 e. The molecule has 0 bridgehead atoms. The molecule has 0 aliphatic rings. The minimum atomic E-state index is -4.49. The number of amides is 1. The predicted octanol–water partition coefficient (Wildman–Crippen LogP) is 4.30. The minimum absolute atomic E-state index is 0.243. The fourth-order valence-corrected chi connectivity index (χ4v) is 3.18. The number of likely N-dealkylation sites (N-methyl/N-ethyl adjacent to an activating group) is 1. The summed E-state index contributed by atoms with van der Waals surface area (Å²) < 4.78 is 38.0. The van der Waals surface area contributed by atoms with E-state index in [1.165, 1.54) is 23.3 Å². The van der Waals surface area contributed by atoms with Crippen LogP contribution in [-0.2, 0) is 6.18 Å². The van der Waals surface area contributed by atoms with E-state index in [0.29, 0.717) is 34.9 Å².